The molecule has 0 aliphatic heterocycles. The Kier molecular flexibility index (Phi) is 5.33. The average molecular weight is 393 g/mol. The van der Waals surface area contributed by atoms with E-state index in [4.69, 9.17) is 0 Å². The van der Waals surface area contributed by atoms with E-state index in [0.717, 1.165) is 4.47 Å². The van der Waals surface area contributed by atoms with Crippen LogP contribution in [0, 0.1) is 0 Å². The van der Waals surface area contributed by atoms with Crippen LogP contribution in [0.4, 0.5) is 18.9 Å². The molecule has 0 radical (unpaired) electrons. The summed E-state index contributed by atoms with van der Waals surface area (Å²) < 4.78 is 37.0. The minimum atomic E-state index is -4.39. The third-order valence-corrected chi connectivity index (χ3v) is 3.46. The highest BCUT2D eigenvalue weighted by molar-refractivity contribution is 9.11. The Hall–Kier alpha value is -0.210. The molecule has 1 N–H and O–H groups in total. The fraction of sp³-hybridized carbons (Fsp3) is 0.222. The number of benzene rings is 1. The zero-order valence-corrected chi connectivity index (χ0v) is 12.1. The summed E-state index contributed by atoms with van der Waals surface area (Å²) in [6.07, 6.45) is 0. The van der Waals surface area contributed by atoms with Crippen molar-refractivity contribution < 1.29 is 18.0 Å². The summed E-state index contributed by atoms with van der Waals surface area (Å²) in [5.41, 5.74) is -3.96. The van der Waals surface area contributed by atoms with E-state index in [2.05, 4.69) is 37.2 Å². The highest BCUT2D eigenvalue weighted by atomic mass is 79.9. The van der Waals surface area contributed by atoms with Gasteiger partial charge in [-0.2, -0.15) is 13.2 Å². The Labute approximate surface area is 117 Å². The van der Waals surface area contributed by atoms with Gasteiger partial charge in [0.25, 0.3) is 0 Å². The van der Waals surface area contributed by atoms with Gasteiger partial charge in [-0.05, 0) is 45.9 Å². The van der Waals surface area contributed by atoms with Crippen LogP contribution >= 0.6 is 43.6 Å². The standard InChI is InChI=1S/C9H6Br2F3NOS/c10-5-1-2-7(6(11)3-5)15-8(16)4-17-9(12,13)14/h1-3H,4H2,(H,15,16). The van der Waals surface area contributed by atoms with E-state index in [1.807, 2.05) is 0 Å². The van der Waals surface area contributed by atoms with Gasteiger partial charge in [-0.1, -0.05) is 15.9 Å². The fourth-order valence-corrected chi connectivity index (χ4v) is 2.44. The van der Waals surface area contributed by atoms with Crippen molar-refractivity contribution in [1.82, 2.24) is 0 Å². The number of nitrogens with one attached hydrogen (secondary N) is 1. The van der Waals surface area contributed by atoms with E-state index in [1.54, 1.807) is 18.2 Å². The van der Waals surface area contributed by atoms with Crippen molar-refractivity contribution in [1.29, 1.82) is 0 Å². The zero-order valence-electron chi connectivity index (χ0n) is 8.15. The van der Waals surface area contributed by atoms with Crippen molar-refractivity contribution in [3.8, 4) is 0 Å². The number of halogens is 5. The van der Waals surface area contributed by atoms with Crippen molar-refractivity contribution in [3.63, 3.8) is 0 Å². The summed E-state index contributed by atoms with van der Waals surface area (Å²) in [6.45, 7) is 0. The third-order valence-electron chi connectivity index (χ3n) is 1.57. The molecular weight excluding hydrogens is 387 g/mol. The largest absolute Gasteiger partial charge is 0.442 e. The normalized spacial score (nSPS) is 11.4. The van der Waals surface area contributed by atoms with Gasteiger partial charge in [0.15, 0.2) is 0 Å². The molecule has 8 heteroatoms. The highest BCUT2D eigenvalue weighted by Crippen LogP contribution is 2.30. The van der Waals surface area contributed by atoms with Gasteiger partial charge in [-0.15, -0.1) is 0 Å². The van der Waals surface area contributed by atoms with E-state index in [0.29, 0.717) is 10.2 Å². The molecule has 0 atom stereocenters. The molecule has 2 nitrogen and oxygen atoms in total. The summed E-state index contributed by atoms with van der Waals surface area (Å²) >= 11 is 6.05. The maximum atomic E-state index is 11.9. The van der Waals surface area contributed by atoms with Crippen molar-refractivity contribution in [2.45, 2.75) is 5.51 Å². The Balaban J connectivity index is 2.57. The molecular formula is C9H6Br2F3NOS. The molecule has 17 heavy (non-hydrogen) atoms. The van der Waals surface area contributed by atoms with Gasteiger partial charge in [0.05, 0.1) is 11.4 Å². The Morgan fingerprint density at radius 3 is 2.53 bits per heavy atom. The molecule has 0 aliphatic carbocycles. The predicted molar refractivity (Wildman–Crippen MR) is 69.0 cm³/mol. The van der Waals surface area contributed by atoms with Gasteiger partial charge in [0, 0.05) is 8.95 Å². The molecule has 0 fully saturated rings. The number of carbonyl (C=O) groups excluding carboxylic acids is 1. The number of thioether (sulfide) groups is 1. The van der Waals surface area contributed by atoms with Gasteiger partial charge < -0.3 is 5.32 Å². The van der Waals surface area contributed by atoms with Gasteiger partial charge in [0.1, 0.15) is 0 Å². The second-order valence-corrected chi connectivity index (χ2v) is 5.72. The Bertz CT molecular complexity index is 425. The van der Waals surface area contributed by atoms with Crippen LogP contribution in [0.3, 0.4) is 0 Å². The second-order valence-electron chi connectivity index (χ2n) is 2.91. The number of amides is 1. The lowest BCUT2D eigenvalue weighted by Gasteiger charge is -2.08. The van der Waals surface area contributed by atoms with Gasteiger partial charge in [0.2, 0.25) is 5.91 Å². The van der Waals surface area contributed by atoms with E-state index in [-0.39, 0.29) is 11.8 Å². The predicted octanol–water partition coefficient (Wildman–Crippen LogP) is 4.40. The first-order valence-corrected chi connectivity index (χ1v) is 6.81. The molecule has 0 aliphatic rings. The van der Waals surface area contributed by atoms with Crippen molar-refractivity contribution in [2.75, 3.05) is 11.1 Å². The second kappa shape index (κ2) is 6.10. The summed E-state index contributed by atoms with van der Waals surface area (Å²) in [5.74, 6) is -1.36. The molecule has 1 rings (SSSR count). The van der Waals surface area contributed by atoms with Crippen molar-refractivity contribution >= 4 is 55.2 Å². The Morgan fingerprint density at radius 2 is 2.00 bits per heavy atom. The lowest BCUT2D eigenvalue weighted by atomic mass is 10.3. The maximum absolute atomic E-state index is 11.9. The van der Waals surface area contributed by atoms with Crippen LogP contribution in [0.25, 0.3) is 0 Å². The molecule has 0 spiro atoms. The number of hydrogen-bond donors (Lipinski definition) is 1. The average Bonchev–Trinajstić information content (AvgIpc) is 2.18. The number of carbonyl (C=O) groups is 1. The summed E-state index contributed by atoms with van der Waals surface area (Å²) in [7, 11) is 0. The summed E-state index contributed by atoms with van der Waals surface area (Å²) in [6, 6.07) is 4.95. The van der Waals surface area contributed by atoms with E-state index in [9.17, 15) is 18.0 Å². The maximum Gasteiger partial charge on any atom is 0.442 e. The van der Waals surface area contributed by atoms with Gasteiger partial charge in [-0.25, -0.2) is 0 Å². The molecule has 0 aromatic heterocycles. The highest BCUT2D eigenvalue weighted by Gasteiger charge is 2.29. The molecule has 0 heterocycles. The molecule has 1 aromatic carbocycles. The first-order chi connectivity index (χ1) is 7.78. The SMILES string of the molecule is O=C(CSC(F)(F)F)Nc1ccc(Br)cc1Br. The number of alkyl halides is 3. The number of anilines is 1. The molecule has 0 unspecified atom stereocenters. The molecule has 0 saturated carbocycles. The summed E-state index contributed by atoms with van der Waals surface area (Å²) in [4.78, 5) is 11.2. The van der Waals surface area contributed by atoms with Gasteiger partial charge in [-0.3, -0.25) is 4.79 Å². The van der Waals surface area contributed by atoms with Crippen molar-refractivity contribution in [2.24, 2.45) is 0 Å². The molecule has 1 aromatic rings. The quantitative estimate of drug-likeness (QED) is 0.825. The van der Waals surface area contributed by atoms with E-state index >= 15 is 0 Å². The van der Waals surface area contributed by atoms with Crippen LogP contribution in [0.15, 0.2) is 27.1 Å². The van der Waals surface area contributed by atoms with Crippen LogP contribution in [0.1, 0.15) is 0 Å². The van der Waals surface area contributed by atoms with Crippen LogP contribution in [-0.4, -0.2) is 17.2 Å². The smallest absolute Gasteiger partial charge is 0.324 e. The molecule has 0 bridgehead atoms. The fourth-order valence-electron chi connectivity index (χ4n) is 0.925. The van der Waals surface area contributed by atoms with Crippen LogP contribution in [-0.2, 0) is 4.79 Å². The lowest BCUT2D eigenvalue weighted by molar-refractivity contribution is -0.114. The van der Waals surface area contributed by atoms with Gasteiger partial charge >= 0.3 is 5.51 Å². The summed E-state index contributed by atoms with van der Waals surface area (Å²) in [5, 5.41) is 2.38. The number of hydrogen-bond acceptors (Lipinski definition) is 2. The third kappa shape index (κ3) is 5.78. The van der Waals surface area contributed by atoms with Crippen LogP contribution in [0.2, 0.25) is 0 Å². The minimum absolute atomic E-state index is 0.367. The first kappa shape index (κ1) is 14.8. The molecule has 1 amide bonds. The zero-order chi connectivity index (χ0) is 13.1. The lowest BCUT2D eigenvalue weighted by Crippen LogP contribution is -2.17. The molecule has 0 saturated heterocycles. The van der Waals surface area contributed by atoms with Crippen LogP contribution < -0.4 is 5.32 Å². The van der Waals surface area contributed by atoms with E-state index in [1.165, 1.54) is 0 Å². The Morgan fingerprint density at radius 1 is 1.35 bits per heavy atom. The first-order valence-electron chi connectivity index (χ1n) is 4.23. The number of rotatable bonds is 3. The monoisotopic (exact) mass is 391 g/mol. The van der Waals surface area contributed by atoms with Crippen LogP contribution in [0.5, 0.6) is 0 Å². The minimum Gasteiger partial charge on any atom is -0.324 e. The molecule has 94 valence electrons. The topological polar surface area (TPSA) is 29.1 Å². The van der Waals surface area contributed by atoms with E-state index < -0.39 is 17.2 Å². The van der Waals surface area contributed by atoms with Crippen molar-refractivity contribution in [3.05, 3.63) is 27.1 Å².